The summed E-state index contributed by atoms with van der Waals surface area (Å²) < 4.78 is 10.7. The Balaban J connectivity index is 2.09. The summed E-state index contributed by atoms with van der Waals surface area (Å²) in [5.74, 6) is 0.742. The van der Waals surface area contributed by atoms with Crippen molar-refractivity contribution in [3.8, 4) is 11.5 Å². The van der Waals surface area contributed by atoms with E-state index in [4.69, 9.17) is 14.6 Å². The molecule has 1 N–H and O–H groups in total. The third-order valence-electron chi connectivity index (χ3n) is 4.22. The molecule has 2 unspecified atom stereocenters. The highest BCUT2D eigenvalue weighted by Crippen LogP contribution is 2.29. The van der Waals surface area contributed by atoms with Crippen LogP contribution in [0.5, 0.6) is 11.5 Å². The number of hydrogen-bond donors (Lipinski definition) is 1. The Hall–Kier alpha value is -1.75. The molecule has 1 aliphatic heterocycles. The van der Waals surface area contributed by atoms with E-state index in [1.165, 1.54) is 0 Å². The van der Waals surface area contributed by atoms with Crippen LogP contribution in [0.3, 0.4) is 0 Å². The summed E-state index contributed by atoms with van der Waals surface area (Å²) in [6, 6.07) is 6.01. The summed E-state index contributed by atoms with van der Waals surface area (Å²) in [5, 5.41) is 9.13. The van der Waals surface area contributed by atoms with Gasteiger partial charge in [-0.2, -0.15) is 0 Å². The van der Waals surface area contributed by atoms with Gasteiger partial charge in [0.05, 0.1) is 20.1 Å². The van der Waals surface area contributed by atoms with Crippen molar-refractivity contribution in [2.24, 2.45) is 5.92 Å². The molecular formula is C16H23NO4. The fourth-order valence-electron chi connectivity index (χ4n) is 2.90. The van der Waals surface area contributed by atoms with E-state index in [2.05, 4.69) is 11.8 Å². The Morgan fingerprint density at radius 1 is 1.38 bits per heavy atom. The topological polar surface area (TPSA) is 59.0 Å². The molecule has 1 aromatic carbocycles. The van der Waals surface area contributed by atoms with Crippen LogP contribution in [-0.4, -0.2) is 42.8 Å². The van der Waals surface area contributed by atoms with Gasteiger partial charge in [-0.25, -0.2) is 0 Å². The molecule has 1 heterocycles. The fraction of sp³-hybridized carbons (Fsp3) is 0.562. The Bertz CT molecular complexity index is 503. The van der Waals surface area contributed by atoms with Crippen LogP contribution in [0.1, 0.15) is 25.3 Å². The molecule has 116 valence electrons. The Labute approximate surface area is 125 Å². The van der Waals surface area contributed by atoms with Gasteiger partial charge < -0.3 is 14.6 Å². The van der Waals surface area contributed by atoms with Gasteiger partial charge in [0.1, 0.15) is 11.5 Å². The number of rotatable bonds is 5. The zero-order valence-electron chi connectivity index (χ0n) is 12.8. The van der Waals surface area contributed by atoms with Gasteiger partial charge >= 0.3 is 5.97 Å². The van der Waals surface area contributed by atoms with Crippen molar-refractivity contribution in [3.63, 3.8) is 0 Å². The van der Waals surface area contributed by atoms with E-state index < -0.39 is 5.97 Å². The molecule has 5 nitrogen and oxygen atoms in total. The zero-order valence-corrected chi connectivity index (χ0v) is 12.8. The van der Waals surface area contributed by atoms with E-state index in [0.717, 1.165) is 30.2 Å². The molecule has 2 atom stereocenters. The number of carboxylic acids is 1. The average Bonchev–Trinajstić information content (AvgIpc) is 2.49. The standard InChI is InChI=1S/C16H23NO4/c1-11-8-12(16(18)19)6-7-17(11)10-13-9-14(20-2)4-5-15(13)21-3/h4-5,9,11-12H,6-8,10H2,1-3H3,(H,18,19). The van der Waals surface area contributed by atoms with Crippen molar-refractivity contribution in [3.05, 3.63) is 23.8 Å². The maximum absolute atomic E-state index is 11.1. The highest BCUT2D eigenvalue weighted by Gasteiger charge is 2.29. The number of aliphatic carboxylic acids is 1. The first kappa shape index (κ1) is 15.6. The smallest absolute Gasteiger partial charge is 0.306 e. The van der Waals surface area contributed by atoms with E-state index in [1.54, 1.807) is 14.2 Å². The summed E-state index contributed by atoms with van der Waals surface area (Å²) >= 11 is 0. The van der Waals surface area contributed by atoms with E-state index in [1.807, 2.05) is 18.2 Å². The number of methoxy groups -OCH3 is 2. The largest absolute Gasteiger partial charge is 0.497 e. The Morgan fingerprint density at radius 3 is 2.71 bits per heavy atom. The van der Waals surface area contributed by atoms with Gasteiger partial charge in [0.25, 0.3) is 0 Å². The highest BCUT2D eigenvalue weighted by molar-refractivity contribution is 5.70. The van der Waals surface area contributed by atoms with E-state index in [9.17, 15) is 4.79 Å². The van der Waals surface area contributed by atoms with Crippen molar-refractivity contribution in [2.45, 2.75) is 32.4 Å². The van der Waals surface area contributed by atoms with Crippen molar-refractivity contribution in [2.75, 3.05) is 20.8 Å². The van der Waals surface area contributed by atoms with Crippen molar-refractivity contribution < 1.29 is 19.4 Å². The van der Waals surface area contributed by atoms with Gasteiger partial charge in [0, 0.05) is 18.2 Å². The molecule has 0 spiro atoms. The lowest BCUT2D eigenvalue weighted by Crippen LogP contribution is -2.42. The summed E-state index contributed by atoms with van der Waals surface area (Å²) in [6.07, 6.45) is 1.40. The number of nitrogens with zero attached hydrogens (tertiary/aromatic N) is 1. The minimum Gasteiger partial charge on any atom is -0.497 e. The van der Waals surface area contributed by atoms with Gasteiger partial charge in [-0.1, -0.05) is 0 Å². The normalized spacial score (nSPS) is 22.8. The zero-order chi connectivity index (χ0) is 15.4. The van der Waals surface area contributed by atoms with Gasteiger partial charge in [-0.05, 0) is 44.5 Å². The first-order valence-electron chi connectivity index (χ1n) is 7.23. The molecule has 21 heavy (non-hydrogen) atoms. The molecule has 0 aliphatic carbocycles. The molecule has 5 heteroatoms. The SMILES string of the molecule is COc1ccc(OC)c(CN2CCC(C(=O)O)CC2C)c1. The van der Waals surface area contributed by atoms with Crippen LogP contribution < -0.4 is 9.47 Å². The molecule has 0 bridgehead atoms. The maximum atomic E-state index is 11.1. The number of piperidine rings is 1. The van der Waals surface area contributed by atoms with Crippen LogP contribution >= 0.6 is 0 Å². The van der Waals surface area contributed by atoms with Crippen LogP contribution in [0.15, 0.2) is 18.2 Å². The average molecular weight is 293 g/mol. The van der Waals surface area contributed by atoms with Crippen molar-refractivity contribution in [1.82, 2.24) is 4.90 Å². The molecule has 2 rings (SSSR count). The first-order chi connectivity index (χ1) is 10.0. The first-order valence-corrected chi connectivity index (χ1v) is 7.23. The second-order valence-electron chi connectivity index (χ2n) is 5.56. The monoisotopic (exact) mass is 293 g/mol. The second kappa shape index (κ2) is 6.80. The van der Waals surface area contributed by atoms with Crippen molar-refractivity contribution >= 4 is 5.97 Å². The lowest BCUT2D eigenvalue weighted by Gasteiger charge is -2.36. The number of hydrogen-bond acceptors (Lipinski definition) is 4. The number of benzene rings is 1. The molecule has 1 saturated heterocycles. The Morgan fingerprint density at radius 2 is 2.14 bits per heavy atom. The maximum Gasteiger partial charge on any atom is 0.306 e. The third-order valence-corrected chi connectivity index (χ3v) is 4.22. The van der Waals surface area contributed by atoms with Gasteiger partial charge in [-0.15, -0.1) is 0 Å². The summed E-state index contributed by atoms with van der Waals surface area (Å²) in [4.78, 5) is 13.4. The van der Waals surface area contributed by atoms with E-state index >= 15 is 0 Å². The summed E-state index contributed by atoms with van der Waals surface area (Å²) in [5.41, 5.74) is 1.07. The van der Waals surface area contributed by atoms with Gasteiger partial charge in [0.2, 0.25) is 0 Å². The van der Waals surface area contributed by atoms with E-state index in [-0.39, 0.29) is 12.0 Å². The number of likely N-dealkylation sites (tertiary alicyclic amines) is 1. The number of ether oxygens (including phenoxy) is 2. The minimum atomic E-state index is -0.680. The molecule has 0 amide bonds. The van der Waals surface area contributed by atoms with Crippen LogP contribution in [0.25, 0.3) is 0 Å². The van der Waals surface area contributed by atoms with Crippen LogP contribution in [-0.2, 0) is 11.3 Å². The number of carbonyl (C=O) groups is 1. The van der Waals surface area contributed by atoms with Crippen LogP contribution in [0.2, 0.25) is 0 Å². The molecule has 1 aliphatic rings. The van der Waals surface area contributed by atoms with Gasteiger partial charge in [-0.3, -0.25) is 9.69 Å². The van der Waals surface area contributed by atoms with Crippen LogP contribution in [0.4, 0.5) is 0 Å². The molecule has 1 fully saturated rings. The molecular weight excluding hydrogens is 270 g/mol. The molecule has 1 aromatic rings. The minimum absolute atomic E-state index is 0.219. The predicted molar refractivity (Wildman–Crippen MR) is 79.8 cm³/mol. The van der Waals surface area contributed by atoms with Gasteiger partial charge in [0.15, 0.2) is 0 Å². The predicted octanol–water partition coefficient (Wildman–Crippen LogP) is 2.39. The van der Waals surface area contributed by atoms with E-state index in [0.29, 0.717) is 12.8 Å². The highest BCUT2D eigenvalue weighted by atomic mass is 16.5. The Kier molecular flexibility index (Phi) is 5.07. The third kappa shape index (κ3) is 3.67. The molecule has 0 aromatic heterocycles. The lowest BCUT2D eigenvalue weighted by atomic mass is 9.91. The molecule has 0 radical (unpaired) electrons. The summed E-state index contributed by atoms with van der Waals surface area (Å²) in [7, 11) is 3.30. The van der Waals surface area contributed by atoms with Crippen molar-refractivity contribution in [1.29, 1.82) is 0 Å². The second-order valence-corrected chi connectivity index (χ2v) is 5.56. The fourth-order valence-corrected chi connectivity index (χ4v) is 2.90. The number of carboxylic acid groups (broad SMARTS) is 1. The lowest BCUT2D eigenvalue weighted by molar-refractivity contribution is -0.144. The summed E-state index contributed by atoms with van der Waals surface area (Å²) in [6.45, 7) is 3.62. The quantitative estimate of drug-likeness (QED) is 0.903. The molecule has 0 saturated carbocycles. The van der Waals surface area contributed by atoms with Crippen LogP contribution in [0, 0.1) is 5.92 Å².